The molecule has 2 amide bonds. The number of amides is 2. The van der Waals surface area contributed by atoms with Crippen molar-refractivity contribution in [3.8, 4) is 5.75 Å². The van der Waals surface area contributed by atoms with Gasteiger partial charge in [-0.2, -0.15) is 0 Å². The van der Waals surface area contributed by atoms with E-state index in [0.717, 1.165) is 17.7 Å². The maximum Gasteiger partial charge on any atom is 0.273 e. The van der Waals surface area contributed by atoms with Crippen LogP contribution in [0.2, 0.25) is 5.02 Å². The van der Waals surface area contributed by atoms with Gasteiger partial charge in [0.1, 0.15) is 5.75 Å². The Kier molecular flexibility index (Phi) is 5.18. The number of ketones is 1. The lowest BCUT2D eigenvalue weighted by atomic mass is 9.85. The number of nitro benzene ring substituents is 1. The van der Waals surface area contributed by atoms with Gasteiger partial charge in [0, 0.05) is 22.7 Å². The highest BCUT2D eigenvalue weighted by Crippen LogP contribution is 2.49. The van der Waals surface area contributed by atoms with Crippen LogP contribution < -0.4 is 9.64 Å². The summed E-state index contributed by atoms with van der Waals surface area (Å²) in [7, 11) is 1.32. The molecule has 170 valence electrons. The summed E-state index contributed by atoms with van der Waals surface area (Å²) in [4.78, 5) is 54.3. The lowest BCUT2D eigenvalue weighted by Crippen LogP contribution is -2.46. The maximum absolute atomic E-state index is 13.6. The van der Waals surface area contributed by atoms with E-state index in [1.54, 1.807) is 24.3 Å². The Hall–Kier alpha value is -3.30. The number of non-ortho nitro benzene ring substituents is 1. The summed E-state index contributed by atoms with van der Waals surface area (Å²) in [6, 6.07) is 9.29. The van der Waals surface area contributed by atoms with Gasteiger partial charge in [0.15, 0.2) is 5.78 Å². The summed E-state index contributed by atoms with van der Waals surface area (Å²) < 4.78 is 5.27. The molecule has 2 aromatic rings. The Labute approximate surface area is 194 Å². The van der Waals surface area contributed by atoms with Crippen molar-refractivity contribution in [3.05, 3.63) is 63.2 Å². The standard InChI is InChI=1S/C23H20ClN3O6/c1-33-17-11-14(27(31)32)8-9-15(17)26-22(29)18-16-3-2-10-25(16)20(19(18)23(26)30)21(28)12-4-6-13(24)7-5-12/h4-9,11,16,18-20H,2-3,10H2,1H3/t16-,18-,19-,20+/m1/s1. The SMILES string of the molecule is COc1cc([N+](=O)[O-])ccc1N1C(=O)[C@@H]2[C@H](C1=O)[C@H]1CCCN1[C@@H]2C(=O)c1ccc(Cl)cc1. The van der Waals surface area contributed by atoms with Crippen LogP contribution in [-0.2, 0) is 9.59 Å². The zero-order valence-electron chi connectivity index (χ0n) is 17.6. The molecule has 0 aliphatic carbocycles. The number of methoxy groups -OCH3 is 1. The fourth-order valence-corrected chi connectivity index (χ4v) is 5.63. The van der Waals surface area contributed by atoms with E-state index < -0.39 is 34.6 Å². The van der Waals surface area contributed by atoms with Crippen molar-refractivity contribution in [2.24, 2.45) is 11.8 Å². The minimum absolute atomic E-state index is 0.0507. The van der Waals surface area contributed by atoms with Crippen LogP contribution in [0, 0.1) is 22.0 Å². The minimum atomic E-state index is -0.828. The number of carbonyl (C=O) groups is 3. The molecule has 0 spiro atoms. The Morgan fingerprint density at radius 2 is 1.82 bits per heavy atom. The van der Waals surface area contributed by atoms with Gasteiger partial charge in [-0.05, 0) is 49.7 Å². The molecule has 0 aromatic heterocycles. The first-order valence-electron chi connectivity index (χ1n) is 10.6. The molecule has 3 aliphatic heterocycles. The lowest BCUT2D eigenvalue weighted by molar-refractivity contribution is -0.384. The molecule has 10 heteroatoms. The highest BCUT2D eigenvalue weighted by molar-refractivity contribution is 6.30. The van der Waals surface area contributed by atoms with Crippen molar-refractivity contribution in [2.45, 2.75) is 24.9 Å². The van der Waals surface area contributed by atoms with E-state index in [1.165, 1.54) is 25.3 Å². The predicted molar refractivity (Wildman–Crippen MR) is 118 cm³/mol. The molecule has 33 heavy (non-hydrogen) atoms. The fourth-order valence-electron chi connectivity index (χ4n) is 5.50. The summed E-state index contributed by atoms with van der Waals surface area (Å²) in [6.45, 7) is 0.642. The molecule has 0 saturated carbocycles. The number of halogens is 1. The number of nitrogens with zero attached hydrogens (tertiary/aromatic N) is 3. The summed E-state index contributed by atoms with van der Waals surface area (Å²) >= 11 is 5.96. The van der Waals surface area contributed by atoms with Crippen molar-refractivity contribution >= 4 is 40.6 Å². The van der Waals surface area contributed by atoms with Gasteiger partial charge in [-0.25, -0.2) is 4.90 Å². The fraction of sp³-hybridized carbons (Fsp3) is 0.348. The van der Waals surface area contributed by atoms with Crippen molar-refractivity contribution in [1.82, 2.24) is 4.90 Å². The topological polar surface area (TPSA) is 110 Å². The quantitative estimate of drug-likeness (QED) is 0.286. The van der Waals surface area contributed by atoms with Crippen LogP contribution in [0.25, 0.3) is 0 Å². The molecule has 0 unspecified atom stereocenters. The van der Waals surface area contributed by atoms with E-state index in [-0.39, 0.29) is 28.9 Å². The molecule has 0 radical (unpaired) electrons. The first-order chi connectivity index (χ1) is 15.8. The molecule has 0 bridgehead atoms. The molecular formula is C23H20ClN3O6. The number of ether oxygens (including phenoxy) is 1. The molecule has 3 fully saturated rings. The van der Waals surface area contributed by atoms with Gasteiger partial charge in [-0.3, -0.25) is 29.4 Å². The van der Waals surface area contributed by atoms with E-state index in [2.05, 4.69) is 0 Å². The van der Waals surface area contributed by atoms with E-state index in [1.807, 2.05) is 4.90 Å². The molecule has 5 rings (SSSR count). The number of benzene rings is 2. The first-order valence-corrected chi connectivity index (χ1v) is 11.0. The third-order valence-electron chi connectivity index (χ3n) is 6.86. The molecule has 3 saturated heterocycles. The van der Waals surface area contributed by atoms with Crippen LogP contribution in [0.5, 0.6) is 5.75 Å². The van der Waals surface area contributed by atoms with Crippen molar-refractivity contribution in [2.75, 3.05) is 18.6 Å². The predicted octanol–water partition coefficient (Wildman–Crippen LogP) is 3.09. The number of hydrogen-bond acceptors (Lipinski definition) is 7. The molecule has 4 atom stereocenters. The normalized spacial score (nSPS) is 26.4. The Morgan fingerprint density at radius 1 is 1.12 bits per heavy atom. The number of carbonyl (C=O) groups excluding carboxylic acids is 3. The van der Waals surface area contributed by atoms with Crippen LogP contribution in [0.3, 0.4) is 0 Å². The van der Waals surface area contributed by atoms with Crippen molar-refractivity contribution < 1.29 is 24.0 Å². The number of anilines is 1. The monoisotopic (exact) mass is 469 g/mol. The molecule has 0 N–H and O–H groups in total. The maximum atomic E-state index is 13.6. The van der Waals surface area contributed by atoms with Crippen LogP contribution in [0.4, 0.5) is 11.4 Å². The second-order valence-electron chi connectivity index (χ2n) is 8.44. The highest BCUT2D eigenvalue weighted by Gasteiger charge is 2.65. The van der Waals surface area contributed by atoms with Crippen LogP contribution in [0.15, 0.2) is 42.5 Å². The number of hydrogen-bond donors (Lipinski definition) is 0. The van der Waals surface area contributed by atoms with E-state index >= 15 is 0 Å². The zero-order chi connectivity index (χ0) is 23.4. The molecule has 9 nitrogen and oxygen atoms in total. The largest absolute Gasteiger partial charge is 0.494 e. The number of fused-ring (bicyclic) bond motifs is 3. The molecular weight excluding hydrogens is 450 g/mol. The Bertz CT molecular complexity index is 1180. The Morgan fingerprint density at radius 3 is 2.48 bits per heavy atom. The first kappa shape index (κ1) is 21.5. The van der Waals surface area contributed by atoms with E-state index in [9.17, 15) is 24.5 Å². The Balaban J connectivity index is 1.55. The average molecular weight is 470 g/mol. The third kappa shape index (κ3) is 3.22. The molecule has 3 heterocycles. The molecule has 3 aliphatic rings. The molecule has 2 aromatic carbocycles. The number of imide groups is 1. The minimum Gasteiger partial charge on any atom is -0.494 e. The van der Waals surface area contributed by atoms with Gasteiger partial charge in [0.2, 0.25) is 11.8 Å². The van der Waals surface area contributed by atoms with Gasteiger partial charge in [-0.1, -0.05) is 11.6 Å². The summed E-state index contributed by atoms with van der Waals surface area (Å²) in [5.74, 6) is -2.54. The summed E-state index contributed by atoms with van der Waals surface area (Å²) in [5.41, 5.74) is 0.365. The van der Waals surface area contributed by atoms with Gasteiger partial charge in [0.05, 0.1) is 41.7 Å². The van der Waals surface area contributed by atoms with Crippen LogP contribution >= 0.6 is 11.6 Å². The highest BCUT2D eigenvalue weighted by atomic mass is 35.5. The van der Waals surface area contributed by atoms with E-state index in [0.29, 0.717) is 17.1 Å². The van der Waals surface area contributed by atoms with Gasteiger partial charge in [-0.15, -0.1) is 0 Å². The number of rotatable bonds is 5. The number of nitro groups is 1. The van der Waals surface area contributed by atoms with Gasteiger partial charge >= 0.3 is 0 Å². The van der Waals surface area contributed by atoms with Crippen LogP contribution in [-0.4, -0.2) is 53.2 Å². The van der Waals surface area contributed by atoms with Gasteiger partial charge in [0.25, 0.3) is 5.69 Å². The summed E-state index contributed by atoms with van der Waals surface area (Å²) in [5, 5.41) is 11.6. The number of Topliss-reactive ketones (excluding diaryl/α,β-unsaturated/α-hetero) is 1. The van der Waals surface area contributed by atoms with Crippen molar-refractivity contribution in [1.29, 1.82) is 0 Å². The average Bonchev–Trinajstić information content (AvgIpc) is 3.45. The third-order valence-corrected chi connectivity index (χ3v) is 7.12. The second-order valence-corrected chi connectivity index (χ2v) is 8.88. The van der Waals surface area contributed by atoms with Crippen LogP contribution in [0.1, 0.15) is 23.2 Å². The summed E-state index contributed by atoms with van der Waals surface area (Å²) in [6.07, 6.45) is 1.55. The van der Waals surface area contributed by atoms with Crippen molar-refractivity contribution in [3.63, 3.8) is 0 Å². The smallest absolute Gasteiger partial charge is 0.273 e. The van der Waals surface area contributed by atoms with Gasteiger partial charge < -0.3 is 4.74 Å². The van der Waals surface area contributed by atoms with E-state index in [4.69, 9.17) is 16.3 Å². The lowest BCUT2D eigenvalue weighted by Gasteiger charge is -2.28. The zero-order valence-corrected chi connectivity index (χ0v) is 18.4. The second kappa shape index (κ2) is 7.93.